The predicted molar refractivity (Wildman–Crippen MR) is 516 cm³/mol. The van der Waals surface area contributed by atoms with Gasteiger partial charge in [-0.1, -0.05) is 81.6 Å². The summed E-state index contributed by atoms with van der Waals surface area (Å²) in [6.45, 7) is 50.1. The van der Waals surface area contributed by atoms with E-state index in [1.165, 1.54) is 66.3 Å². The Bertz CT molecular complexity index is 4610. The molecule has 826 valence electrons. The van der Waals surface area contributed by atoms with E-state index in [9.17, 15) is 71.9 Å². The summed E-state index contributed by atoms with van der Waals surface area (Å²) in [6.07, 6.45) is 13.0. The van der Waals surface area contributed by atoms with Crippen LogP contribution in [-0.2, 0) is 176 Å². The minimum Gasteiger partial charge on any atom is -0.469 e. The van der Waals surface area contributed by atoms with E-state index in [0.717, 1.165) is 76.7 Å². The van der Waals surface area contributed by atoms with E-state index < -0.39 is 172 Å². The van der Waals surface area contributed by atoms with Crippen LogP contribution in [0.4, 0.5) is 0 Å². The summed E-state index contributed by atoms with van der Waals surface area (Å²) in [4.78, 5) is 176. The summed E-state index contributed by atoms with van der Waals surface area (Å²) in [6, 6.07) is 0. The van der Waals surface area contributed by atoms with Gasteiger partial charge in [-0.15, -0.1) is 0 Å². The summed E-state index contributed by atoms with van der Waals surface area (Å²) < 4.78 is 119. The molecule has 21 fully saturated rings. The van der Waals surface area contributed by atoms with E-state index in [2.05, 4.69) is 9.47 Å². The maximum absolute atomic E-state index is 12.4. The second-order valence-electron chi connectivity index (χ2n) is 47.5. The first-order valence-corrected chi connectivity index (χ1v) is 53.7. The summed E-state index contributed by atoms with van der Waals surface area (Å²) in [7, 11) is 4.15. The van der Waals surface area contributed by atoms with Crippen LogP contribution in [-0.4, -0.2) is 245 Å². The van der Waals surface area contributed by atoms with Crippen LogP contribution in [0.25, 0.3) is 0 Å². The number of hydrogen-bond acceptors (Lipinski definition) is 37. The smallest absolute Gasteiger partial charge is 0.350 e. The zero-order valence-corrected chi connectivity index (χ0v) is 91.7. The van der Waals surface area contributed by atoms with Gasteiger partial charge in [0.05, 0.1) is 114 Å². The maximum atomic E-state index is 12.4. The number of fused-ring (bicyclic) bond motifs is 17. The predicted octanol–water partition coefficient (Wildman–Crippen LogP) is 14.8. The molecule has 21 rings (SSSR count). The highest BCUT2D eigenvalue weighted by molar-refractivity contribution is 5.88. The minimum absolute atomic E-state index is 0.0378. The Morgan fingerprint density at radius 3 is 1.28 bits per heavy atom. The van der Waals surface area contributed by atoms with Crippen molar-refractivity contribution < 1.29 is 176 Å². The molecule has 30 atom stereocenters. The van der Waals surface area contributed by atoms with Gasteiger partial charge in [0.25, 0.3) is 0 Å². The zero-order chi connectivity index (χ0) is 108. The number of carbonyl (C=O) groups excluding carboxylic acids is 15. The Hall–Kier alpha value is -8.23. The first-order chi connectivity index (χ1) is 68.3. The zero-order valence-electron chi connectivity index (χ0n) is 91.7. The topological polar surface area (TPSA) is 459 Å². The molecule has 0 radical (unpaired) electrons. The molecule has 30 unspecified atom stereocenters. The molecule has 21 aliphatic rings. The van der Waals surface area contributed by atoms with Gasteiger partial charge >= 0.3 is 89.5 Å². The van der Waals surface area contributed by atoms with E-state index in [-0.39, 0.29) is 118 Å². The standard InChI is InChI=1S/C18H26O7.C16H22O6.C15H22O7.C14H22O4.C13H18O5.C9H12O2.C8H12O2.2C7H14O2.C2H6/c1-4-17(2,3)16(20)23-12-10-11(21-14(12)19)13-15(22-10)25-18(24-13)8-6-5-7-9-18;1-5-16(2,3)15(19)22-12-7-6-8-10(9(7)13(17)20-4)14(18)21-11(8)12;1-6-14(2,3)13(17)20-9-7-8(18-11(9)16)10-12(19-7)22-15(4,5)21-10;1-5-13(2,3)12(16)17-10-8-9-6-7-14(10,4)18-11(9)15;1-4-13(2,3)12(15)18-9-7-5-6-8(16-7)10(9)17-11(6)14;10-9-8-6-2-1-5(3-6)7(8)4-11-9;9-8-7-4-2-1-3-6(7)5-10-8;2*1-5-7(2,3)6(8)9-4;1-2/h10-13,15H,4-9H2,1-3H3;7-12H,5-6H2,1-4H3;7-10,12H,6H2,1-5H3;9-10H,5-8H2,1-4H3;6-10H,4-5H2,1-3H3;5-8H,1-4H2;6-7H,1-5H2;2*5H2,1-4H3;1-2H3. The summed E-state index contributed by atoms with van der Waals surface area (Å²) in [5, 5.41) is 0. The molecule has 37 nitrogen and oxygen atoms in total. The van der Waals surface area contributed by atoms with E-state index >= 15 is 0 Å². The molecule has 7 saturated carbocycles. The normalized spacial score (nSPS) is 36.0. The first-order valence-electron chi connectivity index (χ1n) is 53.7. The molecule has 7 aliphatic carbocycles. The molecule has 0 aromatic rings. The van der Waals surface area contributed by atoms with Crippen LogP contribution in [0.1, 0.15) is 334 Å². The fourth-order valence-electron chi connectivity index (χ4n) is 22.2. The fourth-order valence-corrected chi connectivity index (χ4v) is 22.2. The number of ether oxygens (including phenoxy) is 22. The molecule has 0 aromatic carbocycles. The highest BCUT2D eigenvalue weighted by atomic mass is 16.9. The van der Waals surface area contributed by atoms with E-state index in [4.69, 9.17) is 94.7 Å². The lowest BCUT2D eigenvalue weighted by Crippen LogP contribution is -2.57. The average Bonchev–Trinajstić information content (AvgIpc) is 1.54. The van der Waals surface area contributed by atoms with Gasteiger partial charge < -0.3 is 104 Å². The van der Waals surface area contributed by atoms with E-state index in [1.807, 2.05) is 138 Å². The first kappa shape index (κ1) is 118. The number of carbonyl (C=O) groups is 15. The third-order valence-electron chi connectivity index (χ3n) is 34.8. The molecule has 0 amide bonds. The molecule has 14 saturated heterocycles. The fraction of sp³-hybridized carbons (Fsp3) is 0.862. The molecular weight excluding hydrogens is 1900 g/mol. The third kappa shape index (κ3) is 25.0. The van der Waals surface area contributed by atoms with Gasteiger partial charge in [0.15, 0.2) is 60.8 Å². The van der Waals surface area contributed by atoms with Gasteiger partial charge in [0, 0.05) is 42.9 Å². The van der Waals surface area contributed by atoms with Crippen molar-refractivity contribution in [3.05, 3.63) is 0 Å². The van der Waals surface area contributed by atoms with Crippen molar-refractivity contribution in [1.29, 1.82) is 0 Å². The van der Waals surface area contributed by atoms with Crippen LogP contribution in [0.15, 0.2) is 0 Å². The Labute approximate surface area is 860 Å². The second kappa shape index (κ2) is 46.9. The largest absolute Gasteiger partial charge is 0.469 e. The van der Waals surface area contributed by atoms with E-state index in [1.54, 1.807) is 41.5 Å². The van der Waals surface area contributed by atoms with Gasteiger partial charge in [-0.2, -0.15) is 0 Å². The summed E-state index contributed by atoms with van der Waals surface area (Å²) in [5.74, 6) is -3.55. The van der Waals surface area contributed by atoms with Crippen molar-refractivity contribution in [2.75, 3.05) is 34.5 Å². The van der Waals surface area contributed by atoms with Crippen molar-refractivity contribution in [2.24, 2.45) is 109 Å². The van der Waals surface area contributed by atoms with Crippen molar-refractivity contribution in [1.82, 2.24) is 0 Å². The van der Waals surface area contributed by atoms with Gasteiger partial charge in [-0.05, 0) is 245 Å². The van der Waals surface area contributed by atoms with E-state index in [0.29, 0.717) is 75.2 Å². The van der Waals surface area contributed by atoms with Crippen molar-refractivity contribution >= 4 is 89.5 Å². The minimum atomic E-state index is -1.07. The third-order valence-corrected chi connectivity index (χ3v) is 34.8. The lowest BCUT2D eigenvalue weighted by atomic mass is 9.74. The average molecular weight is 2070 g/mol. The van der Waals surface area contributed by atoms with Crippen molar-refractivity contribution in [2.45, 2.75) is 455 Å². The van der Waals surface area contributed by atoms with Crippen molar-refractivity contribution in [3.8, 4) is 0 Å². The molecule has 1 spiro atoms. The van der Waals surface area contributed by atoms with Crippen LogP contribution < -0.4 is 0 Å². The Morgan fingerprint density at radius 1 is 0.342 bits per heavy atom. The van der Waals surface area contributed by atoms with Gasteiger partial charge in [-0.25, -0.2) is 9.59 Å². The van der Waals surface area contributed by atoms with Gasteiger partial charge in [0.2, 0.25) is 12.2 Å². The van der Waals surface area contributed by atoms with Crippen LogP contribution in [0.2, 0.25) is 0 Å². The SMILES string of the molecule is CC.CCC(C)(C)C(=O)OC.CCC(C)(C)C(=O)OC.CCC(C)(C)C(=O)OC1C(=O)OC2C3OC(C)(C)OC3OC12.CCC(C)(C)C(=O)OC1C(=O)OC2C3OC4(CCCCC4)OC3OC12.CCC(C)(C)C(=O)OC1C2CC3C(=O)OC1C3O2.CCC(C)(C)C(=O)OC1C2CC3C1OC(=O)C3C2C(=O)OC.CCC(C)(C)C(=O)OC1CC2CCC1(C)OC2=O.O=C1OCC2C3CCC(C3)C12.O=C1OCC2CCCCC12. The molecule has 0 N–H and O–H groups in total. The lowest BCUT2D eigenvalue weighted by Gasteiger charge is -2.48. The van der Waals surface area contributed by atoms with Gasteiger partial charge in [-0.3, -0.25) is 62.3 Å². The van der Waals surface area contributed by atoms with Crippen LogP contribution in [0.3, 0.4) is 0 Å². The molecule has 14 heterocycles. The number of cyclic esters (lactones) is 2. The van der Waals surface area contributed by atoms with Gasteiger partial charge in [0.1, 0.15) is 42.2 Å². The Morgan fingerprint density at radius 2 is 0.801 bits per heavy atom. The number of hydrogen-bond donors (Lipinski definition) is 0. The molecule has 37 heteroatoms. The van der Waals surface area contributed by atoms with Crippen LogP contribution in [0.5, 0.6) is 0 Å². The number of methoxy groups -OCH3 is 3. The Balaban J connectivity index is 0.000000159. The van der Waals surface area contributed by atoms with Crippen LogP contribution >= 0.6 is 0 Å². The Kier molecular flexibility index (Phi) is 37.9. The number of rotatable bonds is 20. The highest BCUT2D eigenvalue weighted by Gasteiger charge is 2.72. The molecular formula is C109H168O37. The molecule has 8 bridgehead atoms. The quantitative estimate of drug-likeness (QED) is 0.0807. The summed E-state index contributed by atoms with van der Waals surface area (Å²) in [5.41, 5.74) is -4.14. The maximum Gasteiger partial charge on any atom is 0.350 e. The number of esters is 15. The second-order valence-corrected chi connectivity index (χ2v) is 47.5. The monoisotopic (exact) mass is 2070 g/mol. The molecule has 146 heavy (non-hydrogen) atoms. The van der Waals surface area contributed by atoms with Crippen LogP contribution in [0, 0.1) is 109 Å². The van der Waals surface area contributed by atoms with Crippen molar-refractivity contribution in [3.63, 3.8) is 0 Å². The highest BCUT2D eigenvalue weighted by Crippen LogP contribution is 2.61. The molecule has 14 aliphatic heterocycles. The lowest BCUT2D eigenvalue weighted by molar-refractivity contribution is -0.246. The summed E-state index contributed by atoms with van der Waals surface area (Å²) >= 11 is 0. The molecule has 0 aromatic heterocycles.